The van der Waals surface area contributed by atoms with Gasteiger partial charge in [0, 0.05) is 18.6 Å². The molecule has 1 aliphatic heterocycles. The zero-order valence-corrected chi connectivity index (χ0v) is 12.0. The quantitative estimate of drug-likeness (QED) is 0.772. The van der Waals surface area contributed by atoms with Crippen LogP contribution in [0.25, 0.3) is 0 Å². The van der Waals surface area contributed by atoms with Crippen LogP contribution in [0.15, 0.2) is 0 Å². The van der Waals surface area contributed by atoms with Gasteiger partial charge in [-0.3, -0.25) is 0 Å². The molecule has 3 heteroatoms. The van der Waals surface area contributed by atoms with Crippen molar-refractivity contribution in [2.24, 2.45) is 5.41 Å². The third-order valence-electron chi connectivity index (χ3n) is 3.70. The Morgan fingerprint density at radius 2 is 1.94 bits per heavy atom. The summed E-state index contributed by atoms with van der Waals surface area (Å²) in [5.41, 5.74) is 0.495. The Morgan fingerprint density at radius 1 is 1.24 bits per heavy atom. The number of aliphatic hydroxyl groups is 1. The van der Waals surface area contributed by atoms with Crippen LogP contribution in [-0.4, -0.2) is 48.3 Å². The van der Waals surface area contributed by atoms with E-state index in [9.17, 15) is 5.11 Å². The summed E-state index contributed by atoms with van der Waals surface area (Å²) in [7, 11) is 0. The molecule has 1 heterocycles. The predicted molar refractivity (Wildman–Crippen MR) is 73.2 cm³/mol. The van der Waals surface area contributed by atoms with Gasteiger partial charge in [0.25, 0.3) is 0 Å². The lowest BCUT2D eigenvalue weighted by Gasteiger charge is -2.28. The molecule has 0 radical (unpaired) electrons. The van der Waals surface area contributed by atoms with E-state index < -0.39 is 0 Å². The summed E-state index contributed by atoms with van der Waals surface area (Å²) in [4.78, 5) is 2.50. The van der Waals surface area contributed by atoms with Gasteiger partial charge < -0.3 is 15.3 Å². The van der Waals surface area contributed by atoms with Gasteiger partial charge in [-0.15, -0.1) is 0 Å². The van der Waals surface area contributed by atoms with Gasteiger partial charge in [-0.1, -0.05) is 27.7 Å². The zero-order chi connectivity index (χ0) is 12.9. The molecule has 0 amide bonds. The highest BCUT2D eigenvalue weighted by atomic mass is 16.3. The summed E-state index contributed by atoms with van der Waals surface area (Å²) >= 11 is 0. The number of rotatable bonds is 5. The second-order valence-corrected chi connectivity index (χ2v) is 6.52. The molecule has 0 aromatic heterocycles. The molecular weight excluding hydrogens is 212 g/mol. The minimum Gasteiger partial charge on any atom is -0.395 e. The van der Waals surface area contributed by atoms with E-state index in [4.69, 9.17) is 0 Å². The van der Waals surface area contributed by atoms with Crippen LogP contribution < -0.4 is 5.32 Å². The first kappa shape index (κ1) is 14.9. The summed E-state index contributed by atoms with van der Waals surface area (Å²) in [5, 5.41) is 12.8. The van der Waals surface area contributed by atoms with Gasteiger partial charge in [0.1, 0.15) is 0 Å². The Labute approximate surface area is 107 Å². The van der Waals surface area contributed by atoms with Gasteiger partial charge in [0.05, 0.1) is 6.61 Å². The lowest BCUT2D eigenvalue weighted by atomic mass is 9.85. The van der Waals surface area contributed by atoms with Gasteiger partial charge in [0.2, 0.25) is 0 Å². The van der Waals surface area contributed by atoms with E-state index in [0.29, 0.717) is 11.5 Å². The summed E-state index contributed by atoms with van der Waals surface area (Å²) < 4.78 is 0. The predicted octanol–water partition coefficient (Wildman–Crippen LogP) is 1.86. The second kappa shape index (κ2) is 6.72. The number of hydrogen-bond acceptors (Lipinski definition) is 3. The van der Waals surface area contributed by atoms with Gasteiger partial charge in [0.15, 0.2) is 0 Å². The van der Waals surface area contributed by atoms with Crippen molar-refractivity contribution in [3.63, 3.8) is 0 Å². The molecule has 2 N–H and O–H groups in total. The molecule has 0 aliphatic carbocycles. The van der Waals surface area contributed by atoms with Crippen molar-refractivity contribution in [3.8, 4) is 0 Å². The van der Waals surface area contributed by atoms with Crippen LogP contribution in [0, 0.1) is 5.41 Å². The topological polar surface area (TPSA) is 35.5 Å². The van der Waals surface area contributed by atoms with Crippen LogP contribution in [-0.2, 0) is 0 Å². The molecule has 1 aliphatic rings. The average Bonchev–Trinajstić information content (AvgIpc) is 2.39. The second-order valence-electron chi connectivity index (χ2n) is 6.52. The first-order valence-electron chi connectivity index (χ1n) is 7.02. The molecule has 1 atom stereocenters. The lowest BCUT2D eigenvalue weighted by Crippen LogP contribution is -2.46. The molecule has 0 spiro atoms. The smallest absolute Gasteiger partial charge is 0.0597 e. The van der Waals surface area contributed by atoms with Crippen LogP contribution in [0.3, 0.4) is 0 Å². The highest BCUT2D eigenvalue weighted by Gasteiger charge is 2.24. The number of nitrogens with zero attached hydrogens (tertiary/aromatic N) is 1. The minimum absolute atomic E-state index is 0.219. The van der Waals surface area contributed by atoms with Gasteiger partial charge in [-0.2, -0.15) is 0 Å². The van der Waals surface area contributed by atoms with Gasteiger partial charge in [-0.25, -0.2) is 0 Å². The van der Waals surface area contributed by atoms with Crippen LogP contribution in [0.4, 0.5) is 0 Å². The van der Waals surface area contributed by atoms with Gasteiger partial charge in [-0.05, 0) is 37.8 Å². The molecule has 17 heavy (non-hydrogen) atoms. The first-order chi connectivity index (χ1) is 7.93. The standard InChI is InChI=1S/C14H30N2O/c1-12(2)15-13(11-17)10-16-8-5-6-14(3,4)7-9-16/h12-13,15,17H,5-11H2,1-4H3. The Kier molecular flexibility index (Phi) is 5.90. The Morgan fingerprint density at radius 3 is 2.53 bits per heavy atom. The monoisotopic (exact) mass is 242 g/mol. The van der Waals surface area contributed by atoms with E-state index in [1.54, 1.807) is 0 Å². The molecule has 0 bridgehead atoms. The third kappa shape index (κ3) is 5.84. The van der Waals surface area contributed by atoms with Crippen molar-refractivity contribution in [2.75, 3.05) is 26.2 Å². The SMILES string of the molecule is CC(C)NC(CO)CN1CCCC(C)(C)CC1. The Bertz CT molecular complexity index is 216. The van der Waals surface area contributed by atoms with E-state index in [1.165, 1.54) is 32.4 Å². The van der Waals surface area contributed by atoms with E-state index in [-0.39, 0.29) is 12.6 Å². The number of aliphatic hydroxyl groups excluding tert-OH is 1. The van der Waals surface area contributed by atoms with Crippen LogP contribution in [0.1, 0.15) is 47.0 Å². The maximum absolute atomic E-state index is 9.39. The molecule has 0 aromatic carbocycles. The molecule has 0 aromatic rings. The first-order valence-corrected chi connectivity index (χ1v) is 7.02. The molecule has 1 unspecified atom stereocenters. The average molecular weight is 242 g/mol. The molecule has 1 rings (SSSR count). The van der Waals surface area contributed by atoms with Crippen molar-refractivity contribution in [2.45, 2.75) is 59.0 Å². The van der Waals surface area contributed by atoms with E-state index in [2.05, 4.69) is 37.9 Å². The molecular formula is C14H30N2O. The highest BCUT2D eigenvalue weighted by Crippen LogP contribution is 2.29. The van der Waals surface area contributed by atoms with E-state index >= 15 is 0 Å². The lowest BCUT2D eigenvalue weighted by molar-refractivity contribution is 0.175. The van der Waals surface area contributed by atoms with Crippen LogP contribution >= 0.6 is 0 Å². The fraction of sp³-hybridized carbons (Fsp3) is 1.00. The summed E-state index contributed by atoms with van der Waals surface area (Å²) in [5.74, 6) is 0. The fourth-order valence-electron chi connectivity index (χ4n) is 2.61. The highest BCUT2D eigenvalue weighted by molar-refractivity contribution is 4.79. The normalized spacial score (nSPS) is 23.6. The van der Waals surface area contributed by atoms with Crippen molar-refractivity contribution in [1.29, 1.82) is 0 Å². The number of nitrogens with one attached hydrogen (secondary N) is 1. The van der Waals surface area contributed by atoms with Crippen LogP contribution in [0.2, 0.25) is 0 Å². The van der Waals surface area contributed by atoms with Crippen molar-refractivity contribution >= 4 is 0 Å². The van der Waals surface area contributed by atoms with Crippen LogP contribution in [0.5, 0.6) is 0 Å². The van der Waals surface area contributed by atoms with Crippen molar-refractivity contribution in [1.82, 2.24) is 10.2 Å². The number of likely N-dealkylation sites (tertiary alicyclic amines) is 1. The Hall–Kier alpha value is -0.120. The summed E-state index contributed by atoms with van der Waals surface area (Å²) in [6, 6.07) is 0.659. The van der Waals surface area contributed by atoms with Crippen molar-refractivity contribution < 1.29 is 5.11 Å². The molecule has 3 nitrogen and oxygen atoms in total. The maximum atomic E-state index is 9.39. The fourth-order valence-corrected chi connectivity index (χ4v) is 2.61. The molecule has 102 valence electrons. The van der Waals surface area contributed by atoms with E-state index in [0.717, 1.165) is 6.54 Å². The third-order valence-corrected chi connectivity index (χ3v) is 3.70. The summed E-state index contributed by atoms with van der Waals surface area (Å²) in [6.45, 7) is 12.6. The maximum Gasteiger partial charge on any atom is 0.0597 e. The largest absolute Gasteiger partial charge is 0.395 e. The van der Waals surface area contributed by atoms with E-state index in [1.807, 2.05) is 0 Å². The minimum atomic E-state index is 0.219. The molecule has 1 fully saturated rings. The van der Waals surface area contributed by atoms with Crippen molar-refractivity contribution in [3.05, 3.63) is 0 Å². The molecule has 0 saturated carbocycles. The Balaban J connectivity index is 2.39. The number of hydrogen-bond donors (Lipinski definition) is 2. The van der Waals surface area contributed by atoms with Gasteiger partial charge >= 0.3 is 0 Å². The summed E-state index contributed by atoms with van der Waals surface area (Å²) in [6.07, 6.45) is 3.88. The zero-order valence-electron chi connectivity index (χ0n) is 12.0. The molecule has 1 saturated heterocycles.